The fourth-order valence-corrected chi connectivity index (χ4v) is 2.87. The predicted molar refractivity (Wildman–Crippen MR) is 79.9 cm³/mol. The lowest BCUT2D eigenvalue weighted by Crippen LogP contribution is -2.46. The summed E-state index contributed by atoms with van der Waals surface area (Å²) in [6.07, 6.45) is 3.24. The van der Waals surface area contributed by atoms with Crippen LogP contribution in [-0.2, 0) is 0 Å². The van der Waals surface area contributed by atoms with Gasteiger partial charge >= 0.3 is 0 Å². The Balaban J connectivity index is 2.18. The zero-order chi connectivity index (χ0) is 15.4. The highest BCUT2D eigenvalue weighted by Gasteiger charge is 2.30. The Bertz CT molecular complexity index is 503. The molecule has 1 amide bonds. The van der Waals surface area contributed by atoms with Crippen molar-refractivity contribution in [1.82, 2.24) is 4.90 Å². The van der Waals surface area contributed by atoms with Gasteiger partial charge in [0.25, 0.3) is 5.91 Å². The molecule has 0 radical (unpaired) electrons. The number of benzene rings is 1. The molecule has 21 heavy (non-hydrogen) atoms. The van der Waals surface area contributed by atoms with Crippen LogP contribution in [0.2, 0.25) is 0 Å². The Hall–Kier alpha value is -1.75. The summed E-state index contributed by atoms with van der Waals surface area (Å²) in [6, 6.07) is 5.00. The molecule has 5 nitrogen and oxygen atoms in total. The molecule has 1 aliphatic carbocycles. The Morgan fingerprint density at radius 3 is 2.48 bits per heavy atom. The van der Waals surface area contributed by atoms with E-state index in [2.05, 4.69) is 0 Å². The number of rotatable bonds is 4. The molecule has 1 N–H and O–H groups in total. The van der Waals surface area contributed by atoms with Crippen molar-refractivity contribution in [2.24, 2.45) is 0 Å². The van der Waals surface area contributed by atoms with E-state index in [1.54, 1.807) is 44.4 Å². The van der Waals surface area contributed by atoms with E-state index >= 15 is 0 Å². The number of ether oxygens (including phenoxy) is 2. The van der Waals surface area contributed by atoms with Crippen molar-refractivity contribution >= 4 is 5.91 Å². The molecular formula is C16H23NO4. The van der Waals surface area contributed by atoms with Crippen LogP contribution in [0.4, 0.5) is 0 Å². The second-order valence-electron chi connectivity index (χ2n) is 5.40. The lowest BCUT2D eigenvalue weighted by Gasteiger charge is -2.35. The highest BCUT2D eigenvalue weighted by molar-refractivity contribution is 5.95. The van der Waals surface area contributed by atoms with Crippen LogP contribution in [0.5, 0.6) is 11.5 Å². The third-order valence-corrected chi connectivity index (χ3v) is 4.14. The molecule has 0 spiro atoms. The third kappa shape index (κ3) is 3.29. The van der Waals surface area contributed by atoms with Crippen LogP contribution < -0.4 is 9.47 Å². The van der Waals surface area contributed by atoms with Gasteiger partial charge in [0.15, 0.2) is 11.5 Å². The molecule has 0 aromatic heterocycles. The molecule has 1 saturated carbocycles. The summed E-state index contributed by atoms with van der Waals surface area (Å²) < 4.78 is 10.4. The van der Waals surface area contributed by atoms with Crippen LogP contribution in [0.3, 0.4) is 0 Å². The molecule has 0 unspecified atom stereocenters. The Morgan fingerprint density at radius 2 is 1.86 bits per heavy atom. The molecular weight excluding hydrogens is 270 g/mol. The smallest absolute Gasteiger partial charge is 0.254 e. The fraction of sp³-hybridized carbons (Fsp3) is 0.562. The number of likely N-dealkylation sites (N-methyl/N-ethyl adjacent to an activating group) is 1. The fourth-order valence-electron chi connectivity index (χ4n) is 2.87. The van der Waals surface area contributed by atoms with Crippen LogP contribution in [0.25, 0.3) is 0 Å². The molecule has 1 aromatic carbocycles. The van der Waals surface area contributed by atoms with Gasteiger partial charge in [-0.3, -0.25) is 4.79 Å². The van der Waals surface area contributed by atoms with Crippen molar-refractivity contribution in [1.29, 1.82) is 0 Å². The number of hydrogen-bond acceptors (Lipinski definition) is 4. The minimum Gasteiger partial charge on any atom is -0.493 e. The zero-order valence-corrected chi connectivity index (χ0v) is 12.8. The lowest BCUT2D eigenvalue weighted by atomic mass is 9.91. The SMILES string of the molecule is COc1ccc(C(=O)N(C)[C@H]2CCCC[C@H]2O)cc1OC. The van der Waals surface area contributed by atoms with Crippen LogP contribution in [0, 0.1) is 0 Å². The van der Waals surface area contributed by atoms with Gasteiger partial charge < -0.3 is 19.5 Å². The first-order valence-electron chi connectivity index (χ1n) is 7.25. The van der Waals surface area contributed by atoms with Gasteiger partial charge in [-0.25, -0.2) is 0 Å². The maximum Gasteiger partial charge on any atom is 0.254 e. The average Bonchev–Trinajstić information content (AvgIpc) is 2.53. The summed E-state index contributed by atoms with van der Waals surface area (Å²) in [5.41, 5.74) is 0.535. The van der Waals surface area contributed by atoms with Gasteiger partial charge in [-0.05, 0) is 31.0 Å². The van der Waals surface area contributed by atoms with Gasteiger partial charge in [0, 0.05) is 12.6 Å². The number of hydrogen-bond donors (Lipinski definition) is 1. The molecule has 1 aromatic rings. The standard InChI is InChI=1S/C16H23NO4/c1-17(12-6-4-5-7-13(12)18)16(19)11-8-9-14(20-2)15(10-11)21-3/h8-10,12-13,18H,4-7H2,1-3H3/t12-,13+/m0/s1. The van der Waals surface area contributed by atoms with E-state index in [0.29, 0.717) is 17.1 Å². The largest absolute Gasteiger partial charge is 0.493 e. The van der Waals surface area contributed by atoms with Gasteiger partial charge in [0.05, 0.1) is 26.4 Å². The summed E-state index contributed by atoms with van der Waals surface area (Å²) >= 11 is 0. The molecule has 0 saturated heterocycles. The number of methoxy groups -OCH3 is 2. The number of carbonyl (C=O) groups excluding carboxylic acids is 1. The number of aliphatic hydroxyl groups is 1. The van der Waals surface area contributed by atoms with Crippen molar-refractivity contribution in [2.75, 3.05) is 21.3 Å². The van der Waals surface area contributed by atoms with Crippen molar-refractivity contribution in [2.45, 2.75) is 37.8 Å². The van der Waals surface area contributed by atoms with Gasteiger partial charge in [0.2, 0.25) is 0 Å². The molecule has 0 aliphatic heterocycles. The van der Waals surface area contributed by atoms with Crippen molar-refractivity contribution < 1.29 is 19.4 Å². The van der Waals surface area contributed by atoms with E-state index in [-0.39, 0.29) is 11.9 Å². The van der Waals surface area contributed by atoms with Crippen LogP contribution in [-0.4, -0.2) is 49.3 Å². The van der Waals surface area contributed by atoms with Gasteiger partial charge in [0.1, 0.15) is 0 Å². The molecule has 1 aliphatic rings. The Morgan fingerprint density at radius 1 is 1.19 bits per heavy atom. The maximum atomic E-state index is 12.6. The molecule has 0 bridgehead atoms. The van der Waals surface area contributed by atoms with E-state index in [1.165, 1.54) is 0 Å². The zero-order valence-electron chi connectivity index (χ0n) is 12.8. The molecule has 5 heteroatoms. The van der Waals surface area contributed by atoms with E-state index in [0.717, 1.165) is 25.7 Å². The van der Waals surface area contributed by atoms with E-state index < -0.39 is 6.10 Å². The summed E-state index contributed by atoms with van der Waals surface area (Å²) in [6.45, 7) is 0. The molecule has 0 heterocycles. The minimum atomic E-state index is -0.437. The predicted octanol–water partition coefficient (Wildman–Crippen LogP) is 2.08. The number of aliphatic hydroxyl groups excluding tert-OH is 1. The second kappa shape index (κ2) is 6.80. The summed E-state index contributed by atoms with van der Waals surface area (Å²) in [5, 5.41) is 10.1. The topological polar surface area (TPSA) is 59.0 Å². The van der Waals surface area contributed by atoms with E-state index in [4.69, 9.17) is 9.47 Å². The first-order valence-corrected chi connectivity index (χ1v) is 7.25. The highest BCUT2D eigenvalue weighted by Crippen LogP contribution is 2.29. The minimum absolute atomic E-state index is 0.109. The average molecular weight is 293 g/mol. The summed E-state index contributed by atoms with van der Waals surface area (Å²) in [5.74, 6) is 1.01. The summed E-state index contributed by atoms with van der Waals surface area (Å²) in [4.78, 5) is 14.2. The number of nitrogens with zero attached hydrogens (tertiary/aromatic N) is 1. The van der Waals surface area contributed by atoms with Crippen molar-refractivity contribution in [3.63, 3.8) is 0 Å². The van der Waals surface area contributed by atoms with E-state index in [9.17, 15) is 9.90 Å². The van der Waals surface area contributed by atoms with Gasteiger partial charge in [-0.15, -0.1) is 0 Å². The van der Waals surface area contributed by atoms with Crippen molar-refractivity contribution in [3.8, 4) is 11.5 Å². The van der Waals surface area contributed by atoms with Crippen LogP contribution in [0.15, 0.2) is 18.2 Å². The second-order valence-corrected chi connectivity index (χ2v) is 5.40. The normalized spacial score (nSPS) is 21.7. The van der Waals surface area contributed by atoms with Crippen LogP contribution >= 0.6 is 0 Å². The van der Waals surface area contributed by atoms with Gasteiger partial charge in [-0.1, -0.05) is 12.8 Å². The molecule has 2 rings (SSSR count). The molecule has 116 valence electrons. The Kier molecular flexibility index (Phi) is 5.07. The molecule has 1 fully saturated rings. The first-order chi connectivity index (χ1) is 10.1. The van der Waals surface area contributed by atoms with Crippen LogP contribution in [0.1, 0.15) is 36.0 Å². The maximum absolute atomic E-state index is 12.6. The van der Waals surface area contributed by atoms with Gasteiger partial charge in [-0.2, -0.15) is 0 Å². The Labute approximate surface area is 125 Å². The molecule has 2 atom stereocenters. The monoisotopic (exact) mass is 293 g/mol. The highest BCUT2D eigenvalue weighted by atomic mass is 16.5. The lowest BCUT2D eigenvalue weighted by molar-refractivity contribution is 0.0268. The summed E-state index contributed by atoms with van der Waals surface area (Å²) in [7, 11) is 4.85. The first kappa shape index (κ1) is 15.6. The van der Waals surface area contributed by atoms with E-state index in [1.807, 2.05) is 0 Å². The third-order valence-electron chi connectivity index (χ3n) is 4.14. The number of amides is 1. The quantitative estimate of drug-likeness (QED) is 0.923. The van der Waals surface area contributed by atoms with Crippen molar-refractivity contribution in [3.05, 3.63) is 23.8 Å². The number of carbonyl (C=O) groups is 1.